The summed E-state index contributed by atoms with van der Waals surface area (Å²) in [4.78, 5) is 0. The minimum absolute atomic E-state index is 0.304. The van der Waals surface area contributed by atoms with Crippen LogP contribution in [0.4, 0.5) is 0 Å². The third kappa shape index (κ3) is 24.8. The second-order valence-corrected chi connectivity index (χ2v) is 7.80. The first-order valence-electron chi connectivity index (χ1n) is 3.64. The van der Waals surface area contributed by atoms with E-state index >= 15 is 0 Å². The normalized spacial score (nSPS) is 9.54. The molecular formula is C6H16Cl2O2PtS2+2. The van der Waals surface area contributed by atoms with E-state index in [0.29, 0.717) is 13.2 Å². The zero-order valence-corrected chi connectivity index (χ0v) is 12.7. The molecule has 0 amide bonds. The first-order valence-corrected chi connectivity index (χ1v) is 11.8. The quantitative estimate of drug-likeness (QED) is 0.325. The number of aliphatic hydroxyl groups is 2. The van der Waals surface area contributed by atoms with E-state index in [1.54, 1.807) is 0 Å². The zero-order chi connectivity index (χ0) is 10.4. The minimum atomic E-state index is -0.472. The van der Waals surface area contributed by atoms with Crippen LogP contribution in [0.2, 0.25) is 0 Å². The van der Waals surface area contributed by atoms with Gasteiger partial charge in [0.2, 0.25) is 0 Å². The molecule has 0 aliphatic heterocycles. The Bertz CT molecular complexity index is 75.7. The Kier molecular flexibility index (Phi) is 25.9. The van der Waals surface area contributed by atoms with E-state index in [9.17, 15) is 0 Å². The van der Waals surface area contributed by atoms with Gasteiger partial charge in [-0.1, -0.05) is 0 Å². The topological polar surface area (TPSA) is 40.5 Å². The van der Waals surface area contributed by atoms with E-state index in [-0.39, 0.29) is 0 Å². The van der Waals surface area contributed by atoms with Crippen LogP contribution in [-0.2, 0) is 40.0 Å². The average Bonchev–Trinajstić information content (AvgIpc) is 2.13. The van der Waals surface area contributed by atoms with Crippen molar-refractivity contribution in [2.45, 2.75) is 0 Å². The summed E-state index contributed by atoms with van der Waals surface area (Å²) in [5, 5.41) is 16.8. The van der Waals surface area contributed by atoms with Crippen molar-refractivity contribution in [2.24, 2.45) is 0 Å². The molecule has 0 aromatic heterocycles. The molecular weight excluding hydrogens is 434 g/mol. The summed E-state index contributed by atoms with van der Waals surface area (Å²) in [5.41, 5.74) is 0. The predicted molar refractivity (Wildman–Crippen MR) is 62.9 cm³/mol. The van der Waals surface area contributed by atoms with Gasteiger partial charge in [0.1, 0.15) is 23.0 Å². The van der Waals surface area contributed by atoms with Crippen molar-refractivity contribution in [1.82, 2.24) is 0 Å². The molecule has 0 aliphatic rings. The Morgan fingerprint density at radius 2 is 1.15 bits per heavy atom. The molecule has 0 saturated carbocycles. The van der Waals surface area contributed by atoms with Crippen molar-refractivity contribution in [3.8, 4) is 0 Å². The molecule has 2 N–H and O–H groups in total. The van der Waals surface area contributed by atoms with Gasteiger partial charge in [0.15, 0.2) is 0 Å². The number of hydrogen-bond donors (Lipinski definition) is 2. The van der Waals surface area contributed by atoms with Crippen molar-refractivity contribution in [3.05, 3.63) is 0 Å². The van der Waals surface area contributed by atoms with E-state index < -0.39 is 16.5 Å². The SMILES string of the molecule is OCC[SH+]CC[SH+]CCO.[Cl][Pt][Cl]. The molecule has 0 spiro atoms. The molecule has 0 atom stereocenters. The summed E-state index contributed by atoms with van der Waals surface area (Å²) in [7, 11) is 9.75. The maximum absolute atomic E-state index is 8.42. The van der Waals surface area contributed by atoms with Crippen LogP contribution < -0.4 is 0 Å². The van der Waals surface area contributed by atoms with Crippen molar-refractivity contribution >= 4 is 42.4 Å². The van der Waals surface area contributed by atoms with Gasteiger partial charge in [-0.15, -0.1) is 0 Å². The Labute approximate surface area is 105 Å². The van der Waals surface area contributed by atoms with Crippen molar-refractivity contribution in [2.75, 3.05) is 36.2 Å². The second kappa shape index (κ2) is 19.5. The van der Waals surface area contributed by atoms with Crippen molar-refractivity contribution in [3.63, 3.8) is 0 Å². The van der Waals surface area contributed by atoms with Gasteiger partial charge in [-0.2, -0.15) is 0 Å². The van der Waals surface area contributed by atoms with E-state index in [1.807, 2.05) is 0 Å². The van der Waals surface area contributed by atoms with Crippen molar-refractivity contribution in [1.29, 1.82) is 0 Å². The molecule has 0 aliphatic carbocycles. The summed E-state index contributed by atoms with van der Waals surface area (Å²) < 4.78 is 0. The average molecular weight is 450 g/mol. The van der Waals surface area contributed by atoms with Gasteiger partial charge in [0, 0.05) is 0 Å². The molecule has 86 valence electrons. The molecule has 0 aromatic carbocycles. The molecule has 2 nitrogen and oxygen atoms in total. The fourth-order valence-corrected chi connectivity index (χ4v) is 2.37. The van der Waals surface area contributed by atoms with Crippen LogP contribution in [0.15, 0.2) is 0 Å². The Balaban J connectivity index is 0. The molecule has 0 saturated heterocycles. The molecule has 7 heteroatoms. The van der Waals surface area contributed by atoms with Gasteiger partial charge in [0.25, 0.3) is 0 Å². The fraction of sp³-hybridized carbons (Fsp3) is 1.00. The summed E-state index contributed by atoms with van der Waals surface area (Å²) >= 11 is 2.20. The summed E-state index contributed by atoms with van der Waals surface area (Å²) in [6, 6.07) is 0. The summed E-state index contributed by atoms with van der Waals surface area (Å²) in [6.45, 7) is 0.608. The molecule has 13 heavy (non-hydrogen) atoms. The maximum atomic E-state index is 8.42. The Morgan fingerprint density at radius 1 is 0.846 bits per heavy atom. The van der Waals surface area contributed by atoms with Gasteiger partial charge in [-0.25, -0.2) is 0 Å². The molecule has 0 fully saturated rings. The van der Waals surface area contributed by atoms with E-state index in [0.717, 1.165) is 23.0 Å². The van der Waals surface area contributed by atoms with E-state index in [1.165, 1.54) is 23.5 Å². The van der Waals surface area contributed by atoms with Crippen LogP contribution in [0, 0.1) is 0 Å². The molecule has 0 bridgehead atoms. The number of halogens is 2. The molecule has 0 unspecified atom stereocenters. The Hall–Kier alpha value is 1.89. The van der Waals surface area contributed by atoms with Gasteiger partial charge in [-0.3, -0.25) is 0 Å². The van der Waals surface area contributed by atoms with Crippen LogP contribution in [0.3, 0.4) is 0 Å². The van der Waals surface area contributed by atoms with E-state index in [2.05, 4.69) is 0 Å². The number of rotatable bonds is 7. The number of thiol groups is 2. The van der Waals surface area contributed by atoms with Crippen LogP contribution in [0.25, 0.3) is 0 Å². The number of aliphatic hydroxyl groups excluding tert-OH is 2. The second-order valence-electron chi connectivity index (χ2n) is 1.83. The van der Waals surface area contributed by atoms with Gasteiger partial charge in [0.05, 0.1) is 13.2 Å². The Morgan fingerprint density at radius 3 is 1.38 bits per heavy atom. The van der Waals surface area contributed by atoms with Gasteiger partial charge < -0.3 is 10.2 Å². The van der Waals surface area contributed by atoms with Gasteiger partial charge in [-0.05, 0) is 23.5 Å². The van der Waals surface area contributed by atoms with Gasteiger partial charge >= 0.3 is 35.3 Å². The predicted octanol–water partition coefficient (Wildman–Crippen LogP) is -0.0227. The third-order valence-corrected chi connectivity index (χ3v) is 3.40. The summed E-state index contributed by atoms with van der Waals surface area (Å²) in [5.74, 6) is 4.10. The molecule has 0 aromatic rings. The van der Waals surface area contributed by atoms with Crippen LogP contribution in [0.1, 0.15) is 0 Å². The van der Waals surface area contributed by atoms with E-state index in [4.69, 9.17) is 29.0 Å². The fourth-order valence-electron chi connectivity index (χ4n) is 0.506. The molecule has 0 radical (unpaired) electrons. The van der Waals surface area contributed by atoms with Crippen LogP contribution >= 0.6 is 18.8 Å². The first-order chi connectivity index (χ1) is 6.33. The monoisotopic (exact) mass is 449 g/mol. The van der Waals surface area contributed by atoms with Crippen LogP contribution in [-0.4, -0.2) is 46.4 Å². The molecule has 0 heterocycles. The van der Waals surface area contributed by atoms with Crippen LogP contribution in [0.5, 0.6) is 0 Å². The standard InChI is InChI=1S/C6H14O2S2.2ClH.Pt/c7-1-3-9-5-6-10-4-2-8;;;/h7-8H,1-6H2;2*1H;/q;;;+2. The number of hydrogen-bond acceptors (Lipinski definition) is 2. The third-order valence-electron chi connectivity index (χ3n) is 0.932. The zero-order valence-electron chi connectivity index (χ0n) is 7.10. The summed E-state index contributed by atoms with van der Waals surface area (Å²) in [6.07, 6.45) is 0. The first kappa shape index (κ1) is 17.3. The molecule has 0 rings (SSSR count). The van der Waals surface area contributed by atoms with Crippen molar-refractivity contribution < 1.29 is 26.7 Å².